The van der Waals surface area contributed by atoms with E-state index in [4.69, 9.17) is 16.3 Å². The number of hydrogen-bond acceptors (Lipinski definition) is 3. The maximum Gasteiger partial charge on any atom is 1.00 e. The first-order valence-corrected chi connectivity index (χ1v) is 10.8. The first-order valence-electron chi connectivity index (χ1n) is 10.4. The van der Waals surface area contributed by atoms with Crippen molar-refractivity contribution >= 4 is 28.7 Å². The Bertz CT molecular complexity index is 1350. The minimum Gasteiger partial charge on any atom is -1.00 e. The van der Waals surface area contributed by atoms with Gasteiger partial charge >= 0.3 is 41.7 Å². The fourth-order valence-corrected chi connectivity index (χ4v) is 4.15. The average molecular weight is 534 g/mol. The fourth-order valence-electron chi connectivity index (χ4n) is 3.99. The zero-order chi connectivity index (χ0) is 25.3. The molecule has 2 aromatic carbocycles. The van der Waals surface area contributed by atoms with E-state index in [2.05, 4.69) is 4.98 Å². The van der Waals surface area contributed by atoms with Crippen LogP contribution in [0, 0.1) is 11.6 Å². The number of carboxylic acids is 1. The van der Waals surface area contributed by atoms with E-state index in [-0.39, 0.29) is 53.0 Å². The summed E-state index contributed by atoms with van der Waals surface area (Å²) in [5.74, 6) is -2.97. The molecule has 0 radical (unpaired) electrons. The van der Waals surface area contributed by atoms with Crippen molar-refractivity contribution in [3.63, 3.8) is 0 Å². The van der Waals surface area contributed by atoms with Crippen molar-refractivity contribution in [3.05, 3.63) is 93.1 Å². The number of aromatic carboxylic acids is 1. The minimum absolute atomic E-state index is 0. The third kappa shape index (κ3) is 6.26. The van der Waals surface area contributed by atoms with Crippen LogP contribution in [0.15, 0.2) is 48.7 Å². The zero-order valence-electron chi connectivity index (χ0n) is 19.9. The number of carbonyl (C=O) groups is 1. The maximum atomic E-state index is 14.3. The summed E-state index contributed by atoms with van der Waals surface area (Å²) in [5.41, 5.74) is 0.856. The standard InChI is InChI=1S/C25H17ClF5NO3.Na.H/c26-17-10-21(20-3-1-2-19(20)14-6-15(24(33)34)8-18(27)7-14)23(32-11-17)35-12-13-4-5-16(9-22(13)28)25(29,30)31;;/h4-11H,1-3,12H2,(H,33,34);;/q;+1;-1. The smallest absolute Gasteiger partial charge is 1.00 e. The van der Waals surface area contributed by atoms with E-state index in [0.717, 1.165) is 18.2 Å². The van der Waals surface area contributed by atoms with Crippen LogP contribution in [0.5, 0.6) is 5.88 Å². The Morgan fingerprint density at radius 3 is 2.47 bits per heavy atom. The molecule has 4 nitrogen and oxygen atoms in total. The van der Waals surface area contributed by atoms with Crippen LogP contribution in [0.2, 0.25) is 5.02 Å². The number of ether oxygens (including phenoxy) is 1. The van der Waals surface area contributed by atoms with Gasteiger partial charge in [-0.15, -0.1) is 0 Å². The van der Waals surface area contributed by atoms with Crippen molar-refractivity contribution in [2.75, 3.05) is 0 Å². The number of rotatable bonds is 6. The van der Waals surface area contributed by atoms with Gasteiger partial charge in [-0.3, -0.25) is 0 Å². The number of carboxylic acid groups (broad SMARTS) is 1. The van der Waals surface area contributed by atoms with Crippen molar-refractivity contribution in [3.8, 4) is 5.88 Å². The molecule has 1 N–H and O–H groups in total. The molecule has 4 rings (SSSR count). The topological polar surface area (TPSA) is 59.4 Å². The maximum absolute atomic E-state index is 14.3. The second-order valence-corrected chi connectivity index (χ2v) is 8.38. The molecule has 0 bridgehead atoms. The molecule has 36 heavy (non-hydrogen) atoms. The third-order valence-electron chi connectivity index (χ3n) is 5.60. The molecular formula is C25H18ClF5NNaO3. The summed E-state index contributed by atoms with van der Waals surface area (Å²) < 4.78 is 72.5. The van der Waals surface area contributed by atoms with Gasteiger partial charge in [0.05, 0.1) is 16.1 Å². The van der Waals surface area contributed by atoms with Crippen LogP contribution >= 0.6 is 11.6 Å². The molecule has 0 saturated carbocycles. The number of allylic oxidation sites excluding steroid dienone is 2. The quantitative estimate of drug-likeness (QED) is 0.374. The van der Waals surface area contributed by atoms with Crippen molar-refractivity contribution in [2.45, 2.75) is 32.0 Å². The van der Waals surface area contributed by atoms with Gasteiger partial charge in [0.1, 0.15) is 18.2 Å². The molecule has 0 aliphatic heterocycles. The van der Waals surface area contributed by atoms with Crippen LogP contribution in [0.4, 0.5) is 22.0 Å². The van der Waals surface area contributed by atoms with E-state index in [1.54, 1.807) is 6.07 Å². The number of hydrogen-bond donors (Lipinski definition) is 1. The van der Waals surface area contributed by atoms with Crippen LogP contribution in [-0.4, -0.2) is 16.1 Å². The summed E-state index contributed by atoms with van der Waals surface area (Å²) >= 11 is 6.14. The van der Waals surface area contributed by atoms with Crippen molar-refractivity contribution < 1.29 is 67.6 Å². The van der Waals surface area contributed by atoms with E-state index in [1.807, 2.05) is 0 Å². The molecule has 11 heteroatoms. The van der Waals surface area contributed by atoms with Crippen molar-refractivity contribution in [2.24, 2.45) is 0 Å². The number of benzene rings is 2. The number of pyridine rings is 1. The molecule has 0 amide bonds. The van der Waals surface area contributed by atoms with E-state index in [0.29, 0.717) is 47.6 Å². The number of nitrogens with zero attached hydrogens (tertiary/aromatic N) is 1. The van der Waals surface area contributed by atoms with Crippen molar-refractivity contribution in [1.29, 1.82) is 0 Å². The second kappa shape index (κ2) is 11.3. The summed E-state index contributed by atoms with van der Waals surface area (Å²) in [7, 11) is 0. The summed E-state index contributed by atoms with van der Waals surface area (Å²) in [6.07, 6.45) is -1.58. The Labute approximate surface area is 231 Å². The summed E-state index contributed by atoms with van der Waals surface area (Å²) in [6.45, 7) is -0.392. The van der Waals surface area contributed by atoms with Gasteiger partial charge in [0, 0.05) is 17.3 Å². The first-order chi connectivity index (χ1) is 16.5. The first kappa shape index (κ1) is 28.1. The molecule has 3 aromatic rings. The van der Waals surface area contributed by atoms with Gasteiger partial charge in [-0.2, -0.15) is 13.2 Å². The van der Waals surface area contributed by atoms with Crippen LogP contribution < -0.4 is 34.3 Å². The zero-order valence-corrected chi connectivity index (χ0v) is 21.7. The van der Waals surface area contributed by atoms with Gasteiger partial charge in [-0.25, -0.2) is 18.6 Å². The third-order valence-corrected chi connectivity index (χ3v) is 5.81. The molecule has 0 unspecified atom stereocenters. The Morgan fingerprint density at radius 2 is 1.81 bits per heavy atom. The van der Waals surface area contributed by atoms with E-state index >= 15 is 0 Å². The van der Waals surface area contributed by atoms with E-state index in [9.17, 15) is 31.9 Å². The van der Waals surface area contributed by atoms with Gasteiger partial charge in [0.25, 0.3) is 0 Å². The molecule has 0 atom stereocenters. The molecule has 0 spiro atoms. The Balaban J connectivity index is 0.00000241. The van der Waals surface area contributed by atoms with Gasteiger partial charge < -0.3 is 11.3 Å². The molecule has 1 aliphatic rings. The molecule has 1 heterocycles. The van der Waals surface area contributed by atoms with E-state index in [1.165, 1.54) is 18.3 Å². The second-order valence-electron chi connectivity index (χ2n) is 7.94. The Morgan fingerprint density at radius 1 is 1.08 bits per heavy atom. The monoisotopic (exact) mass is 533 g/mol. The summed E-state index contributed by atoms with van der Waals surface area (Å²) in [5, 5.41) is 9.55. The van der Waals surface area contributed by atoms with Gasteiger partial charge in [-0.05, 0) is 72.4 Å². The predicted octanol–water partition coefficient (Wildman–Crippen LogP) is 4.52. The van der Waals surface area contributed by atoms with Crippen molar-refractivity contribution in [1.82, 2.24) is 4.98 Å². The minimum atomic E-state index is -4.67. The number of alkyl halides is 3. The molecule has 1 aliphatic carbocycles. The van der Waals surface area contributed by atoms with Crippen LogP contribution in [0.3, 0.4) is 0 Å². The number of aromatic nitrogens is 1. The molecular weight excluding hydrogens is 516 g/mol. The molecule has 1 aromatic heterocycles. The number of halogens is 6. The van der Waals surface area contributed by atoms with Crippen LogP contribution in [-0.2, 0) is 12.8 Å². The summed E-state index contributed by atoms with van der Waals surface area (Å²) in [4.78, 5) is 15.5. The average Bonchev–Trinajstić information content (AvgIpc) is 3.27. The molecule has 184 valence electrons. The van der Waals surface area contributed by atoms with Gasteiger partial charge in [0.2, 0.25) is 5.88 Å². The Hall–Kier alpha value is -2.46. The van der Waals surface area contributed by atoms with E-state index < -0.39 is 36.0 Å². The fraction of sp³-hybridized carbons (Fsp3) is 0.200. The largest absolute Gasteiger partial charge is 1.00 e. The predicted molar refractivity (Wildman–Crippen MR) is 120 cm³/mol. The Kier molecular flexibility index (Phi) is 8.82. The van der Waals surface area contributed by atoms with Crippen LogP contribution in [0.25, 0.3) is 11.1 Å². The SMILES string of the molecule is O=C(O)c1cc(F)cc(C2=C(c3cc(Cl)cnc3OCc3ccc(C(F)(F)F)cc3F)CCC2)c1.[H-].[Na+]. The molecule has 0 fully saturated rings. The van der Waals surface area contributed by atoms with Crippen LogP contribution in [0.1, 0.15) is 53.3 Å². The van der Waals surface area contributed by atoms with Gasteiger partial charge in [-0.1, -0.05) is 17.7 Å². The normalized spacial score (nSPS) is 13.5. The summed E-state index contributed by atoms with van der Waals surface area (Å²) in [6, 6.07) is 7.27. The molecule has 0 saturated heterocycles. The van der Waals surface area contributed by atoms with Gasteiger partial charge in [0.15, 0.2) is 0 Å².